The number of nitro benzene ring substituents is 1. The molecule has 3 rings (SSSR count). The largest absolute Gasteiger partial charge is 0.325 e. The summed E-state index contributed by atoms with van der Waals surface area (Å²) in [5, 5.41) is 13.7. The number of hydrogen-bond acceptors (Lipinski definition) is 7. The van der Waals surface area contributed by atoms with Gasteiger partial charge in [-0.15, -0.1) is 0 Å². The lowest BCUT2D eigenvalue weighted by Gasteiger charge is -2.23. The third kappa shape index (κ3) is 6.62. The highest BCUT2D eigenvalue weighted by Crippen LogP contribution is 2.28. The molecule has 0 saturated heterocycles. The number of para-hydroxylation sites is 1. The summed E-state index contributed by atoms with van der Waals surface area (Å²) in [4.78, 5) is 23.1. The van der Waals surface area contributed by atoms with Crippen molar-refractivity contribution in [1.29, 1.82) is 0 Å². The second-order valence-corrected chi connectivity index (χ2v) is 12.0. The first-order valence-electron chi connectivity index (χ1n) is 10.9. The number of aryl methyl sites for hydroxylation is 3. The van der Waals surface area contributed by atoms with Gasteiger partial charge >= 0.3 is 0 Å². The van der Waals surface area contributed by atoms with Gasteiger partial charge in [-0.1, -0.05) is 24.3 Å². The van der Waals surface area contributed by atoms with Crippen molar-refractivity contribution in [2.45, 2.75) is 25.7 Å². The Labute approximate surface area is 215 Å². The van der Waals surface area contributed by atoms with Gasteiger partial charge in [-0.3, -0.25) is 23.9 Å². The topological polar surface area (TPSA) is 156 Å². The number of sulfonamides is 2. The smallest absolute Gasteiger partial charge is 0.271 e. The molecule has 3 aromatic rings. The van der Waals surface area contributed by atoms with Crippen LogP contribution in [0, 0.1) is 30.9 Å². The van der Waals surface area contributed by atoms with Gasteiger partial charge in [0, 0.05) is 17.8 Å². The normalized spacial score (nSPS) is 11.6. The minimum absolute atomic E-state index is 0.00543. The lowest BCUT2D eigenvalue weighted by atomic mass is 10.1. The number of anilines is 3. The molecule has 37 heavy (non-hydrogen) atoms. The maximum absolute atomic E-state index is 12.8. The molecule has 0 heterocycles. The Morgan fingerprint density at radius 3 is 2.05 bits per heavy atom. The van der Waals surface area contributed by atoms with E-state index in [4.69, 9.17) is 0 Å². The fourth-order valence-electron chi connectivity index (χ4n) is 3.58. The van der Waals surface area contributed by atoms with Gasteiger partial charge in [0.2, 0.25) is 15.9 Å². The van der Waals surface area contributed by atoms with Crippen molar-refractivity contribution < 1.29 is 26.6 Å². The van der Waals surface area contributed by atoms with E-state index >= 15 is 0 Å². The maximum Gasteiger partial charge on any atom is 0.271 e. The lowest BCUT2D eigenvalue weighted by Crippen LogP contribution is -2.37. The van der Waals surface area contributed by atoms with Crippen molar-refractivity contribution in [3.8, 4) is 0 Å². The quantitative estimate of drug-likeness (QED) is 0.306. The molecule has 0 radical (unpaired) electrons. The van der Waals surface area contributed by atoms with Gasteiger partial charge in [0.25, 0.3) is 15.7 Å². The number of rotatable bonds is 9. The number of carbonyl (C=O) groups is 1. The Balaban J connectivity index is 1.78. The SMILES string of the molecule is Cc1ccc([N+](=O)[O-])cc1N(CC(=O)Nc1ccc(S(=O)(=O)Nc2c(C)cccc2C)cc1)S(C)(=O)=O. The van der Waals surface area contributed by atoms with Crippen LogP contribution in [0.15, 0.2) is 65.6 Å². The Hall–Kier alpha value is -3.97. The van der Waals surface area contributed by atoms with E-state index < -0.39 is 37.4 Å². The number of nitrogens with zero attached hydrogens (tertiary/aromatic N) is 2. The minimum Gasteiger partial charge on any atom is -0.325 e. The first kappa shape index (κ1) is 27.6. The molecule has 3 aromatic carbocycles. The molecule has 1 amide bonds. The van der Waals surface area contributed by atoms with Crippen LogP contribution < -0.4 is 14.3 Å². The molecular formula is C24H26N4O7S2. The predicted octanol–water partition coefficient (Wildman–Crippen LogP) is 3.73. The van der Waals surface area contributed by atoms with Crippen molar-refractivity contribution >= 4 is 48.7 Å². The lowest BCUT2D eigenvalue weighted by molar-refractivity contribution is -0.384. The predicted molar refractivity (Wildman–Crippen MR) is 142 cm³/mol. The van der Waals surface area contributed by atoms with Gasteiger partial charge in [0.1, 0.15) is 6.54 Å². The molecule has 196 valence electrons. The first-order valence-corrected chi connectivity index (χ1v) is 14.2. The fraction of sp³-hybridized carbons (Fsp3) is 0.208. The molecule has 0 aliphatic carbocycles. The number of nitrogens with one attached hydrogen (secondary N) is 2. The molecule has 0 spiro atoms. The van der Waals surface area contributed by atoms with Crippen LogP contribution in [0.4, 0.5) is 22.7 Å². The monoisotopic (exact) mass is 546 g/mol. The molecule has 0 aromatic heterocycles. The highest BCUT2D eigenvalue weighted by atomic mass is 32.2. The van der Waals surface area contributed by atoms with Gasteiger partial charge in [-0.25, -0.2) is 16.8 Å². The number of hydrogen-bond donors (Lipinski definition) is 2. The number of benzene rings is 3. The third-order valence-electron chi connectivity index (χ3n) is 5.53. The Morgan fingerprint density at radius 2 is 1.51 bits per heavy atom. The molecule has 11 nitrogen and oxygen atoms in total. The number of amides is 1. The van der Waals surface area contributed by atoms with Crippen molar-refractivity contribution in [2.75, 3.05) is 27.1 Å². The Bertz CT molecular complexity index is 1550. The van der Waals surface area contributed by atoms with E-state index in [2.05, 4.69) is 10.0 Å². The van der Waals surface area contributed by atoms with Crippen LogP contribution in [-0.4, -0.2) is 40.5 Å². The zero-order valence-corrected chi connectivity index (χ0v) is 22.2. The molecule has 13 heteroatoms. The second-order valence-electron chi connectivity index (χ2n) is 8.44. The van der Waals surface area contributed by atoms with E-state index in [1.54, 1.807) is 32.9 Å². The zero-order valence-electron chi connectivity index (χ0n) is 20.5. The Morgan fingerprint density at radius 1 is 0.919 bits per heavy atom. The maximum atomic E-state index is 12.8. The molecule has 0 atom stereocenters. The van der Waals surface area contributed by atoms with Crippen LogP contribution in [0.25, 0.3) is 0 Å². The number of nitro groups is 1. The van der Waals surface area contributed by atoms with Crippen molar-refractivity contribution in [2.24, 2.45) is 0 Å². The summed E-state index contributed by atoms with van der Waals surface area (Å²) in [7, 11) is -7.87. The van der Waals surface area contributed by atoms with Crippen LogP contribution in [-0.2, 0) is 24.8 Å². The highest BCUT2D eigenvalue weighted by Gasteiger charge is 2.25. The van der Waals surface area contributed by atoms with Gasteiger partial charge in [-0.2, -0.15) is 0 Å². The van der Waals surface area contributed by atoms with E-state index in [1.807, 2.05) is 6.07 Å². The zero-order chi connectivity index (χ0) is 27.5. The summed E-state index contributed by atoms with van der Waals surface area (Å²) < 4.78 is 53.8. The van der Waals surface area contributed by atoms with Crippen LogP contribution >= 0.6 is 0 Å². The first-order chi connectivity index (χ1) is 17.2. The number of non-ortho nitro benzene ring substituents is 1. The summed E-state index contributed by atoms with van der Waals surface area (Å²) in [6.45, 7) is 4.51. The minimum atomic E-state index is -3.97. The van der Waals surface area contributed by atoms with Gasteiger partial charge < -0.3 is 5.32 Å². The van der Waals surface area contributed by atoms with E-state index in [1.165, 1.54) is 36.4 Å². The highest BCUT2D eigenvalue weighted by molar-refractivity contribution is 7.92. The number of carbonyl (C=O) groups excluding carboxylic acids is 1. The van der Waals surface area contributed by atoms with Crippen molar-refractivity contribution in [3.05, 3.63) is 87.5 Å². The van der Waals surface area contributed by atoms with Crippen molar-refractivity contribution in [1.82, 2.24) is 0 Å². The average molecular weight is 547 g/mol. The Kier molecular flexibility index (Phi) is 7.88. The van der Waals surface area contributed by atoms with Gasteiger partial charge in [-0.05, 0) is 61.7 Å². The van der Waals surface area contributed by atoms with E-state index in [0.29, 0.717) is 11.3 Å². The molecule has 0 saturated carbocycles. The van der Waals surface area contributed by atoms with E-state index in [9.17, 15) is 31.7 Å². The molecule has 0 fully saturated rings. The second kappa shape index (κ2) is 10.6. The molecule has 0 aliphatic heterocycles. The summed E-state index contributed by atoms with van der Waals surface area (Å²) in [6, 6.07) is 14.5. The fourth-order valence-corrected chi connectivity index (χ4v) is 5.69. The molecule has 0 aliphatic rings. The standard InChI is InChI=1S/C24H26N4O7S2/c1-16-8-11-20(28(30)31)14-22(16)27(36(4,32)33)15-23(29)25-19-9-12-21(13-10-19)37(34,35)26-24-17(2)6-5-7-18(24)3/h5-14,26H,15H2,1-4H3,(H,25,29). The molecule has 0 bridgehead atoms. The average Bonchev–Trinajstić information content (AvgIpc) is 2.80. The summed E-state index contributed by atoms with van der Waals surface area (Å²) >= 11 is 0. The van der Waals surface area contributed by atoms with Crippen LogP contribution in [0.5, 0.6) is 0 Å². The van der Waals surface area contributed by atoms with Crippen LogP contribution in [0.2, 0.25) is 0 Å². The molecule has 2 N–H and O–H groups in total. The summed E-state index contributed by atoms with van der Waals surface area (Å²) in [6.07, 6.45) is 0.890. The van der Waals surface area contributed by atoms with Crippen LogP contribution in [0.3, 0.4) is 0 Å². The summed E-state index contributed by atoms with van der Waals surface area (Å²) in [5.74, 6) is -0.722. The van der Waals surface area contributed by atoms with E-state index in [-0.39, 0.29) is 22.0 Å². The van der Waals surface area contributed by atoms with Crippen LogP contribution in [0.1, 0.15) is 16.7 Å². The van der Waals surface area contributed by atoms with Gasteiger partial charge in [0.05, 0.1) is 27.4 Å². The molecular weight excluding hydrogens is 520 g/mol. The molecule has 0 unspecified atom stereocenters. The van der Waals surface area contributed by atoms with Gasteiger partial charge in [0.15, 0.2) is 0 Å². The summed E-state index contributed by atoms with van der Waals surface area (Å²) in [5.41, 5.74) is 2.36. The van der Waals surface area contributed by atoms with Crippen molar-refractivity contribution in [3.63, 3.8) is 0 Å². The van der Waals surface area contributed by atoms with E-state index in [0.717, 1.165) is 27.8 Å². The third-order valence-corrected chi connectivity index (χ3v) is 8.02.